The predicted octanol–water partition coefficient (Wildman–Crippen LogP) is 9.02. The molecule has 0 N–H and O–H groups in total. The maximum absolute atomic E-state index is 6.27. The summed E-state index contributed by atoms with van der Waals surface area (Å²) in [5.41, 5.74) is 4.05. The van der Waals surface area contributed by atoms with Gasteiger partial charge in [-0.25, -0.2) is 0 Å². The molecular formula is C25H39O3P. The Morgan fingerprint density at radius 1 is 0.759 bits per heavy atom. The molecule has 29 heavy (non-hydrogen) atoms. The van der Waals surface area contributed by atoms with Gasteiger partial charge < -0.3 is 12.9 Å². The standard InChI is InChI=1S/C22H33O3P.C3H6/c1-4-7-12-19-17-20(13-8-5-2)22(21(18-19)14-9-6-3)25-26-23-15-10-11-16-24-26;1-2-3-1/h10-11,15-18H,4-9,12-14H2,1-3H3;1-3H2. The zero-order valence-corrected chi connectivity index (χ0v) is 19.5. The fourth-order valence-electron chi connectivity index (χ4n) is 2.98. The van der Waals surface area contributed by atoms with Gasteiger partial charge in [-0.1, -0.05) is 71.4 Å². The molecule has 0 spiro atoms. The summed E-state index contributed by atoms with van der Waals surface area (Å²) in [6.07, 6.45) is 18.1. The van der Waals surface area contributed by atoms with E-state index in [0.29, 0.717) is 0 Å². The molecule has 0 saturated heterocycles. The summed E-state index contributed by atoms with van der Waals surface area (Å²) in [6.45, 7) is 6.71. The lowest BCUT2D eigenvalue weighted by molar-refractivity contribution is 0.465. The molecule has 1 fully saturated rings. The molecule has 1 aliphatic carbocycles. The van der Waals surface area contributed by atoms with Gasteiger partial charge in [-0.3, -0.25) is 0 Å². The summed E-state index contributed by atoms with van der Waals surface area (Å²) in [5.74, 6) is 0.988. The third-order valence-electron chi connectivity index (χ3n) is 4.80. The van der Waals surface area contributed by atoms with Crippen molar-refractivity contribution in [3.8, 4) is 5.75 Å². The predicted molar refractivity (Wildman–Crippen MR) is 123 cm³/mol. The highest BCUT2D eigenvalue weighted by atomic mass is 31.1. The van der Waals surface area contributed by atoms with Crippen LogP contribution in [0.25, 0.3) is 0 Å². The average molecular weight is 419 g/mol. The fourth-order valence-corrected chi connectivity index (χ4v) is 3.84. The quantitative estimate of drug-likeness (QED) is 0.365. The van der Waals surface area contributed by atoms with Gasteiger partial charge in [0, 0.05) is 0 Å². The van der Waals surface area contributed by atoms with E-state index in [1.54, 1.807) is 12.5 Å². The summed E-state index contributed by atoms with van der Waals surface area (Å²) in [4.78, 5) is 0. The van der Waals surface area contributed by atoms with Gasteiger partial charge in [0.1, 0.15) is 18.3 Å². The van der Waals surface area contributed by atoms with Gasteiger partial charge in [-0.15, -0.1) is 0 Å². The number of unbranched alkanes of at least 4 members (excludes halogenated alkanes) is 3. The third kappa shape index (κ3) is 9.63. The Bertz CT molecular complexity index is 671. The minimum Gasteiger partial charge on any atom is -0.399 e. The van der Waals surface area contributed by atoms with E-state index in [9.17, 15) is 0 Å². The molecule has 1 aliphatic rings. The van der Waals surface area contributed by atoms with Crippen molar-refractivity contribution in [2.75, 3.05) is 0 Å². The topological polar surface area (TPSA) is 35.5 Å². The minimum absolute atomic E-state index is 0.988. The van der Waals surface area contributed by atoms with Crippen molar-refractivity contribution in [2.24, 2.45) is 0 Å². The molecule has 3 nitrogen and oxygen atoms in total. The average Bonchev–Trinajstić information content (AvgIpc) is 3.61. The van der Waals surface area contributed by atoms with E-state index in [2.05, 4.69) is 32.9 Å². The molecule has 2 aromatic rings. The number of benzene rings is 1. The Morgan fingerprint density at radius 2 is 1.24 bits per heavy atom. The van der Waals surface area contributed by atoms with Crippen molar-refractivity contribution < 1.29 is 12.9 Å². The first-order valence-electron chi connectivity index (χ1n) is 11.6. The van der Waals surface area contributed by atoms with E-state index >= 15 is 0 Å². The first-order valence-corrected chi connectivity index (χ1v) is 12.7. The van der Waals surface area contributed by atoms with Crippen LogP contribution >= 0.6 is 8.24 Å². The molecule has 0 radical (unpaired) electrons. The first kappa shape index (κ1) is 23.7. The largest absolute Gasteiger partial charge is 0.451 e. The highest BCUT2D eigenvalue weighted by Gasteiger charge is 2.15. The van der Waals surface area contributed by atoms with Crippen LogP contribution in [-0.2, 0) is 19.3 Å². The second kappa shape index (κ2) is 14.4. The highest BCUT2D eigenvalue weighted by Crippen LogP contribution is 2.37. The molecule has 0 unspecified atom stereocenters. The van der Waals surface area contributed by atoms with Crippen LogP contribution in [0, 0.1) is 0 Å². The number of hydrogen-bond donors (Lipinski definition) is 0. The normalized spacial score (nSPS) is 12.1. The Labute approximate surface area is 178 Å². The van der Waals surface area contributed by atoms with Gasteiger partial charge in [-0.2, -0.15) is 0 Å². The van der Waals surface area contributed by atoms with E-state index in [4.69, 9.17) is 12.9 Å². The summed E-state index contributed by atoms with van der Waals surface area (Å²) in [5, 5.41) is 0. The monoisotopic (exact) mass is 418 g/mol. The molecule has 1 saturated carbocycles. The zero-order chi connectivity index (χ0) is 20.7. The fraction of sp³-hybridized carbons (Fsp3) is 0.600. The maximum atomic E-state index is 6.27. The van der Waals surface area contributed by atoms with E-state index in [-0.39, 0.29) is 0 Å². The van der Waals surface area contributed by atoms with Crippen LogP contribution in [0.15, 0.2) is 45.2 Å². The lowest BCUT2D eigenvalue weighted by atomic mass is 9.95. The number of rotatable bonds is 11. The third-order valence-corrected chi connectivity index (χ3v) is 5.72. The van der Waals surface area contributed by atoms with Crippen LogP contribution in [-0.4, -0.2) is 0 Å². The van der Waals surface area contributed by atoms with Crippen molar-refractivity contribution >= 4 is 8.24 Å². The molecule has 4 heteroatoms. The van der Waals surface area contributed by atoms with Crippen LogP contribution in [0.2, 0.25) is 0 Å². The summed E-state index contributed by atoms with van der Waals surface area (Å²) >= 11 is 0. The second-order valence-electron chi connectivity index (χ2n) is 7.80. The molecule has 1 aromatic carbocycles. The Kier molecular flexibility index (Phi) is 11.8. The number of hydrogen-bond acceptors (Lipinski definition) is 3. The van der Waals surface area contributed by atoms with Crippen LogP contribution < -0.4 is 4.52 Å². The van der Waals surface area contributed by atoms with Crippen molar-refractivity contribution in [2.45, 2.75) is 97.8 Å². The van der Waals surface area contributed by atoms with Crippen LogP contribution in [0.3, 0.4) is 0 Å². The van der Waals surface area contributed by atoms with Gasteiger partial charge in [-0.05, 0) is 67.3 Å². The van der Waals surface area contributed by atoms with Crippen molar-refractivity contribution in [3.63, 3.8) is 0 Å². The Morgan fingerprint density at radius 3 is 1.69 bits per heavy atom. The van der Waals surface area contributed by atoms with Gasteiger partial charge in [0.2, 0.25) is 0 Å². The SMILES string of the molecule is C1CC1.CCCCc1cc(CCCC)c(Op2occcco2)c(CCCC)c1. The molecule has 0 aliphatic heterocycles. The van der Waals surface area contributed by atoms with E-state index in [1.807, 2.05) is 12.1 Å². The molecular weight excluding hydrogens is 379 g/mol. The first-order chi connectivity index (χ1) is 14.3. The van der Waals surface area contributed by atoms with Gasteiger partial charge >= 0.3 is 8.24 Å². The van der Waals surface area contributed by atoms with Crippen LogP contribution in [0.5, 0.6) is 5.75 Å². The van der Waals surface area contributed by atoms with Crippen molar-refractivity contribution in [1.29, 1.82) is 0 Å². The van der Waals surface area contributed by atoms with Crippen LogP contribution in [0.4, 0.5) is 0 Å². The zero-order valence-electron chi connectivity index (χ0n) is 18.6. The molecule has 1 aromatic heterocycles. The lowest BCUT2D eigenvalue weighted by Gasteiger charge is -2.16. The summed E-state index contributed by atoms with van der Waals surface area (Å²) in [7, 11) is -1.43. The Balaban J connectivity index is 0.000000912. The van der Waals surface area contributed by atoms with Crippen molar-refractivity contribution in [3.05, 3.63) is 53.5 Å². The molecule has 3 rings (SSSR count). The second-order valence-corrected chi connectivity index (χ2v) is 8.85. The van der Waals surface area contributed by atoms with Gasteiger partial charge in [0.25, 0.3) is 0 Å². The molecule has 0 atom stereocenters. The van der Waals surface area contributed by atoms with E-state index in [0.717, 1.165) is 25.0 Å². The summed E-state index contributed by atoms with van der Waals surface area (Å²) in [6, 6.07) is 8.31. The molecule has 162 valence electrons. The van der Waals surface area contributed by atoms with Gasteiger partial charge in [0.15, 0.2) is 0 Å². The summed E-state index contributed by atoms with van der Waals surface area (Å²) < 4.78 is 17.5. The van der Waals surface area contributed by atoms with Crippen molar-refractivity contribution in [1.82, 2.24) is 0 Å². The van der Waals surface area contributed by atoms with Gasteiger partial charge in [0.05, 0.1) is 0 Å². The van der Waals surface area contributed by atoms with E-state index in [1.165, 1.54) is 74.5 Å². The highest BCUT2D eigenvalue weighted by molar-refractivity contribution is 7.31. The maximum Gasteiger partial charge on any atom is 0.451 e. The Hall–Kier alpha value is -1.60. The minimum atomic E-state index is -1.43. The van der Waals surface area contributed by atoms with E-state index < -0.39 is 8.24 Å². The lowest BCUT2D eigenvalue weighted by Crippen LogP contribution is -2.00. The number of aryl methyl sites for hydroxylation is 3. The smallest absolute Gasteiger partial charge is 0.399 e. The molecule has 0 amide bonds. The van der Waals surface area contributed by atoms with Crippen LogP contribution in [0.1, 0.15) is 95.2 Å². The molecule has 0 bridgehead atoms. The molecule has 1 heterocycles.